The molecule has 0 aromatic rings. The minimum absolute atomic E-state index is 0. The van der Waals surface area contributed by atoms with Crippen LogP contribution in [0.2, 0.25) is 0 Å². The number of hydrogen-bond donors (Lipinski definition) is 6. The number of aliphatic imine (C=N–C) groups is 2. The molecule has 0 saturated heterocycles. The first-order chi connectivity index (χ1) is 45.7. The van der Waals surface area contributed by atoms with Crippen molar-refractivity contribution in [2.75, 3.05) is 13.1 Å². The zero-order chi connectivity index (χ0) is 83.7. The monoisotopic (exact) mass is 2360 g/mol. The first kappa shape index (κ1) is 180. The van der Waals surface area contributed by atoms with Crippen LogP contribution in [0, 0.1) is 0 Å². The van der Waals surface area contributed by atoms with Crippen LogP contribution >= 0.6 is 93.9 Å². The summed E-state index contributed by atoms with van der Waals surface area (Å²) >= 11 is 0. The number of carbonyl (C=O) groups excluding carboxylic acids is 4. The zero-order valence-corrected chi connectivity index (χ0v) is 103. The number of phosphoric acid groups is 12. The molecule has 0 unspecified atom stereocenters. The minimum Gasteiger partial charge on any atom is -0.790 e. The minimum atomic E-state index is -6.68. The van der Waals surface area contributed by atoms with E-state index in [0.717, 1.165) is 0 Å². The van der Waals surface area contributed by atoms with Crippen molar-refractivity contribution in [2.45, 2.75) is 111 Å². The average Bonchev–Trinajstić information content (AvgIpc) is 0.750. The van der Waals surface area contributed by atoms with Crippen molar-refractivity contribution in [1.82, 2.24) is 0 Å². The molecule has 66 nitrogen and oxygen atoms in total. The van der Waals surface area contributed by atoms with E-state index in [2.05, 4.69) is 64.3 Å². The van der Waals surface area contributed by atoms with E-state index in [1.807, 2.05) is 0 Å². The summed E-state index contributed by atoms with van der Waals surface area (Å²) in [5.74, 6) is -2.51. The van der Waals surface area contributed by atoms with Crippen LogP contribution in [0.5, 0.6) is 0 Å². The molecule has 93 heteroatoms. The topological polar surface area (TPSA) is 1260 Å². The van der Waals surface area contributed by atoms with Gasteiger partial charge in [-0.1, -0.05) is 0 Å². The number of nitrogens with two attached hydrogens (primary N) is 6. The van der Waals surface area contributed by atoms with Gasteiger partial charge < -0.3 is 311 Å². The summed E-state index contributed by atoms with van der Waals surface area (Å²) in [5, 5.41) is 53.5. The van der Waals surface area contributed by atoms with E-state index in [0.29, 0.717) is 38.8 Å². The van der Waals surface area contributed by atoms with Crippen molar-refractivity contribution >= 4 is 696 Å². The largest absolute Gasteiger partial charge is 2.00 e. The van der Waals surface area contributed by atoms with Gasteiger partial charge in [0.1, 0.15) is 73.2 Å². The number of aliphatic carboxylic acids is 2. The van der Waals surface area contributed by atoms with Gasteiger partial charge in [-0.25, -0.2) is 0 Å². The molecule has 2 saturated carbocycles. The molecule has 0 spiro atoms. The molecule has 0 aromatic carbocycles. The Balaban J connectivity index is -0.0000000662. The van der Waals surface area contributed by atoms with E-state index in [4.69, 9.17) is 64.4 Å². The first-order valence-electron chi connectivity index (χ1n) is 23.9. The van der Waals surface area contributed by atoms with Gasteiger partial charge >= 0.3 is 566 Å². The Morgan fingerprint density at radius 1 is 0.235 bits per heavy atom. The maximum absolute atomic E-state index is 11.1. The molecule has 620 valence electrons. The first-order valence-corrected chi connectivity index (χ1v) is 41.5. The number of guanidine groups is 2. The van der Waals surface area contributed by atoms with Crippen LogP contribution in [0.4, 0.5) is 9.59 Å². The van der Waals surface area contributed by atoms with Crippen LogP contribution in [0.15, 0.2) is 9.98 Å². The number of nitrogens with zero attached hydrogens (tertiary/aromatic N) is 2. The van der Waals surface area contributed by atoms with Crippen molar-refractivity contribution in [1.29, 1.82) is 0 Å². The van der Waals surface area contributed by atoms with E-state index in [9.17, 15) is 192 Å². The van der Waals surface area contributed by atoms with Crippen molar-refractivity contribution in [3.8, 4) is 0 Å². The van der Waals surface area contributed by atoms with Gasteiger partial charge in [-0.2, -0.15) is 0 Å². The average molecular weight is 2360 g/mol. The van der Waals surface area contributed by atoms with Gasteiger partial charge in [-0.05, 0) is 38.0 Å². The number of hydrogen-bond acceptors (Lipinski definition) is 62. The Labute approximate surface area is 1110 Å². The summed E-state index contributed by atoms with van der Waals surface area (Å²) in [7, 11) is -80.2. The fourth-order valence-corrected chi connectivity index (χ4v) is 13.2. The predicted octanol–water partition coefficient (Wildman–Crippen LogP) is -37.8. The molecule has 2 aliphatic carbocycles. The fourth-order valence-electron chi connectivity index (χ4n) is 6.75. The summed E-state index contributed by atoms with van der Waals surface area (Å²) in [5.41, 5.74) is 30.5. The third-order valence-electron chi connectivity index (χ3n) is 9.44. The molecule has 0 radical (unpaired) electrons. The molecule has 0 bridgehead atoms. The van der Waals surface area contributed by atoms with Crippen LogP contribution in [-0.4, -0.2) is 701 Å². The molecule has 0 amide bonds. The van der Waals surface area contributed by atoms with Crippen molar-refractivity contribution in [3.05, 3.63) is 0 Å². The van der Waals surface area contributed by atoms with E-state index in [1.165, 1.54) is 0 Å². The second-order valence-corrected chi connectivity index (χ2v) is 30.7. The third kappa shape index (κ3) is 110. The second-order valence-electron chi connectivity index (χ2n) is 17.5. The molecule has 0 heterocycles. The smallest absolute Gasteiger partial charge is 0.790 e. The number of phosphoric ester groups is 12. The SMILES string of the molecule is NC(N)=NCCC[C@H](N)C(=O)[O-].NC(N)=NCCC[C@H](N)C(=O)[O-].O=C([O-])[O-].O=C([O-])[O-].O=P([O-])([O-])OC1C(OP(=O)([O-])[O-])C(OP(=O)([O-])[O-])C(OP(=O)([O-])[O-])C(OP(=O)([O-])[O-])C1OP(=O)([O-])[O-].O=P([O-])([O-])OC1C(OP(=O)([O-])[O-])C(OP(=O)([O-])[O-])C(OP(=O)([O-])[O-])C(OP(=O)([O-])[O-])C1OP(=O)([O-])[O-].[Ca+2].[Ca+2].[Ca+2].[Ca+2].[Ca+2].[Ca+2].[Ca+2].[Ca+2].[Ca+2].[Ca+2].[Ca+2].[Ca+2].[Ca+2].[Ca+2].[Ca+2]. The Hall–Kier alpha value is 16.2. The van der Waals surface area contributed by atoms with E-state index in [1.54, 1.807) is 0 Å². The van der Waals surface area contributed by atoms with Gasteiger partial charge in [0.2, 0.25) is 0 Å². The molecule has 2 atom stereocenters. The van der Waals surface area contributed by atoms with Crippen LogP contribution < -0.4 is 182 Å². The zero-order valence-electron chi connectivity index (χ0n) is 59.3. The summed E-state index contributed by atoms with van der Waals surface area (Å²) in [6.07, 6.45) is -45.9. The van der Waals surface area contributed by atoms with Crippen LogP contribution in [-0.2, 0) is 119 Å². The Kier molecular flexibility index (Phi) is 127. The van der Waals surface area contributed by atoms with Crippen molar-refractivity contribution < 1.29 is 276 Å². The molecule has 2 fully saturated rings. The standard InChI is InChI=1S/2C6H14N4O2.2C6H18O24P6.2CH2O3.15Ca/c2*7-4(5(11)12)2-1-3-10-6(8)9;2*7-31(8,9)25-1-2(26-32(10,11)12)4(28-34(16,17)18)6(30-36(22,23)24)5(29-35(19,20)21)3(1)27-33(13,14)15;2*2-1(3)4;;;;;;;;;;;;;;;/h2*4H,1-3,7H2,(H,11,12)(H4,8,9,10);2*1-6H,(H2,7,8,9)(H2,10,11,12)(H2,13,14,15)(H2,16,17,18)(H2,19,20,21)(H2,22,23,24);2*(H2,2,3,4);;;;;;;;;;;;;;;/q;;;;;;15*+2/p-30/t2*4-;;;;;;;;;;;;;;;;;;;/m00.................../s1. The normalized spacial score (nSPS) is 20.6. The van der Waals surface area contributed by atoms with Crippen LogP contribution in [0.3, 0.4) is 0 Å². The molecule has 0 aliphatic heterocycles. The fraction of sp³-hybridized carbons (Fsp3) is 0.769. The quantitative estimate of drug-likeness (QED) is 0.0115. The van der Waals surface area contributed by atoms with E-state index < -0.39 is 203 Å². The van der Waals surface area contributed by atoms with Crippen molar-refractivity contribution in [3.63, 3.8) is 0 Å². The number of rotatable bonds is 34. The summed E-state index contributed by atoms with van der Waals surface area (Å²) in [4.78, 5) is 310. The molecule has 12 N–H and O–H groups in total. The van der Waals surface area contributed by atoms with Crippen LogP contribution in [0.25, 0.3) is 0 Å². The molecule has 2 aliphatic rings. The Morgan fingerprint density at radius 3 is 0.378 bits per heavy atom. The second kappa shape index (κ2) is 84.1. The van der Waals surface area contributed by atoms with Gasteiger partial charge in [-0.15, -0.1) is 0 Å². The number of carboxylic acids is 2. The van der Waals surface area contributed by atoms with Gasteiger partial charge in [-0.3, -0.25) is 9.98 Å². The Morgan fingerprint density at radius 2 is 0.319 bits per heavy atom. The van der Waals surface area contributed by atoms with E-state index in [-0.39, 0.29) is 578 Å². The maximum Gasteiger partial charge on any atom is 2.00 e. The molecular formula is C26H38Ca15N8O58P12. The summed E-state index contributed by atoms with van der Waals surface area (Å²) in [6, 6.07) is -1.86. The van der Waals surface area contributed by atoms with Crippen molar-refractivity contribution in [2.24, 2.45) is 44.4 Å². The number of carbonyl (C=O) groups is 4. The van der Waals surface area contributed by atoms with Gasteiger partial charge in [0.25, 0.3) is 0 Å². The maximum atomic E-state index is 11.1. The van der Waals surface area contributed by atoms with Gasteiger partial charge in [0.05, 0.1) is 106 Å². The number of carboxylic acid groups (broad SMARTS) is 6. The predicted molar refractivity (Wildman–Crippen MR) is 333 cm³/mol. The summed E-state index contributed by atoms with van der Waals surface area (Å²) < 4.78 is 177. The molecule has 2 rings (SSSR count). The van der Waals surface area contributed by atoms with E-state index >= 15 is 0 Å². The Bertz CT molecular complexity index is 2790. The summed E-state index contributed by atoms with van der Waals surface area (Å²) in [6.45, 7) is 0.784. The van der Waals surface area contributed by atoms with Gasteiger partial charge in [0.15, 0.2) is 11.9 Å². The molecule has 119 heavy (non-hydrogen) atoms. The third-order valence-corrected chi connectivity index (χ3v) is 15.5. The molecular weight excluding hydrogens is 2330 g/mol. The van der Waals surface area contributed by atoms with Gasteiger partial charge in [0, 0.05) is 25.2 Å². The molecule has 0 aromatic heterocycles. The van der Waals surface area contributed by atoms with Crippen LogP contribution in [0.1, 0.15) is 25.7 Å².